The average Bonchev–Trinajstić information content (AvgIpc) is 2.37. The third-order valence-corrected chi connectivity index (χ3v) is 4.57. The third kappa shape index (κ3) is 5.31. The first-order chi connectivity index (χ1) is 10.1. The van der Waals surface area contributed by atoms with Crippen molar-refractivity contribution in [1.82, 2.24) is 5.32 Å². The van der Waals surface area contributed by atoms with Crippen molar-refractivity contribution in [3.05, 3.63) is 34.3 Å². The van der Waals surface area contributed by atoms with Gasteiger partial charge in [0.25, 0.3) is 0 Å². The zero-order chi connectivity index (χ0) is 17.0. The lowest BCUT2D eigenvalue weighted by Crippen LogP contribution is -2.39. The Bertz CT molecular complexity index is 544. The van der Waals surface area contributed by atoms with E-state index in [4.69, 9.17) is 0 Å². The van der Waals surface area contributed by atoms with Gasteiger partial charge < -0.3 is 5.32 Å². The van der Waals surface area contributed by atoms with E-state index in [1.165, 1.54) is 0 Å². The average molecular weight is 397 g/mol. The Morgan fingerprint density at radius 1 is 1.32 bits per heavy atom. The third-order valence-electron chi connectivity index (χ3n) is 2.88. The first-order valence-electron chi connectivity index (χ1n) is 6.36. The number of aliphatic imine (C=N–C) groups is 1. The van der Waals surface area contributed by atoms with E-state index in [0.717, 1.165) is 23.9 Å². The van der Waals surface area contributed by atoms with Gasteiger partial charge in [-0.15, -0.1) is 0 Å². The fraction of sp³-hybridized carbons (Fsp3) is 0.429. The van der Waals surface area contributed by atoms with Crippen molar-refractivity contribution in [1.29, 1.82) is 0 Å². The molecule has 0 aliphatic heterocycles. The minimum Gasteiger partial charge on any atom is -0.308 e. The molecule has 1 rings (SSSR count). The Kier molecular flexibility index (Phi) is 6.49. The lowest BCUT2D eigenvalue weighted by atomic mass is 10.1. The number of amides is 1. The van der Waals surface area contributed by atoms with Crippen molar-refractivity contribution in [3.63, 3.8) is 0 Å². The molecule has 0 aliphatic rings. The highest BCUT2D eigenvalue weighted by atomic mass is 79.9. The molecule has 0 spiro atoms. The van der Waals surface area contributed by atoms with Crippen LogP contribution in [0, 0.1) is 0 Å². The number of nitrogens with one attached hydrogen (secondary N) is 1. The van der Waals surface area contributed by atoms with Crippen molar-refractivity contribution in [2.24, 2.45) is 4.99 Å². The standard InChI is InChI=1S/C14H16BrF3N2OS/c1-9(10-4-6-11(15)7-5-10)20-12(19-8-21)22-13(2,3)14(16,17)18/h4-9H,1-3H3,(H,19,20,21)/t9-/m0/s1. The molecule has 0 bridgehead atoms. The maximum absolute atomic E-state index is 12.9. The van der Waals surface area contributed by atoms with Crippen LogP contribution in [-0.2, 0) is 4.79 Å². The summed E-state index contributed by atoms with van der Waals surface area (Å²) in [5.74, 6) is 0. The number of hydrogen-bond donors (Lipinski definition) is 1. The molecule has 1 atom stereocenters. The van der Waals surface area contributed by atoms with E-state index < -0.39 is 10.9 Å². The van der Waals surface area contributed by atoms with Gasteiger partial charge in [-0.2, -0.15) is 13.2 Å². The molecule has 0 heterocycles. The summed E-state index contributed by atoms with van der Waals surface area (Å²) in [6, 6.07) is 6.89. The smallest absolute Gasteiger partial charge is 0.308 e. The van der Waals surface area contributed by atoms with Gasteiger partial charge in [-0.05, 0) is 38.5 Å². The topological polar surface area (TPSA) is 41.5 Å². The lowest BCUT2D eigenvalue weighted by molar-refractivity contribution is -0.150. The van der Waals surface area contributed by atoms with E-state index in [2.05, 4.69) is 26.2 Å². The van der Waals surface area contributed by atoms with Crippen molar-refractivity contribution in [3.8, 4) is 0 Å². The SMILES string of the molecule is C[C@H](N=C(NC=O)SC(C)(C)C(F)(F)F)c1ccc(Br)cc1. The fourth-order valence-electron chi connectivity index (χ4n) is 1.43. The van der Waals surface area contributed by atoms with Gasteiger partial charge in [-0.3, -0.25) is 9.79 Å². The maximum atomic E-state index is 12.9. The Labute approximate surface area is 139 Å². The molecular weight excluding hydrogens is 381 g/mol. The number of alkyl halides is 3. The van der Waals surface area contributed by atoms with Crippen LogP contribution in [0.2, 0.25) is 0 Å². The molecule has 1 aromatic carbocycles. The Balaban J connectivity index is 2.99. The van der Waals surface area contributed by atoms with Crippen LogP contribution < -0.4 is 5.32 Å². The summed E-state index contributed by atoms with van der Waals surface area (Å²) < 4.78 is 37.7. The van der Waals surface area contributed by atoms with E-state index >= 15 is 0 Å². The molecule has 1 N–H and O–H groups in total. The second kappa shape index (κ2) is 7.50. The van der Waals surface area contributed by atoms with Crippen molar-refractivity contribution < 1.29 is 18.0 Å². The first-order valence-corrected chi connectivity index (χ1v) is 7.97. The van der Waals surface area contributed by atoms with Crippen LogP contribution in [0.1, 0.15) is 32.4 Å². The zero-order valence-corrected chi connectivity index (χ0v) is 14.6. The van der Waals surface area contributed by atoms with Crippen LogP contribution >= 0.6 is 27.7 Å². The Morgan fingerprint density at radius 3 is 2.32 bits per heavy atom. The summed E-state index contributed by atoms with van der Waals surface area (Å²) in [5, 5.41) is 2.18. The largest absolute Gasteiger partial charge is 0.403 e. The fourth-order valence-corrected chi connectivity index (χ4v) is 2.62. The molecule has 0 aliphatic carbocycles. The lowest BCUT2D eigenvalue weighted by Gasteiger charge is -2.27. The summed E-state index contributed by atoms with van der Waals surface area (Å²) in [4.78, 5) is 14.8. The van der Waals surface area contributed by atoms with Gasteiger partial charge in [0.15, 0.2) is 5.17 Å². The predicted molar refractivity (Wildman–Crippen MR) is 86.9 cm³/mol. The van der Waals surface area contributed by atoms with E-state index in [1.54, 1.807) is 6.92 Å². The number of halogens is 4. The van der Waals surface area contributed by atoms with Crippen molar-refractivity contribution >= 4 is 39.3 Å². The zero-order valence-electron chi connectivity index (χ0n) is 12.2. The number of benzene rings is 1. The van der Waals surface area contributed by atoms with Gasteiger partial charge in [0.05, 0.1) is 6.04 Å². The molecule has 3 nitrogen and oxygen atoms in total. The molecule has 0 saturated carbocycles. The quantitative estimate of drug-likeness (QED) is 0.455. The normalized spacial score (nSPS) is 14.6. The van der Waals surface area contributed by atoms with Crippen LogP contribution in [0.3, 0.4) is 0 Å². The molecule has 8 heteroatoms. The predicted octanol–water partition coefficient (Wildman–Crippen LogP) is 4.69. The summed E-state index contributed by atoms with van der Waals surface area (Å²) in [7, 11) is 0. The molecule has 1 amide bonds. The van der Waals surface area contributed by atoms with Crippen LogP contribution in [0.4, 0.5) is 13.2 Å². The molecule has 0 fully saturated rings. The molecule has 1 aromatic rings. The van der Waals surface area contributed by atoms with E-state index in [0.29, 0.717) is 18.2 Å². The van der Waals surface area contributed by atoms with Crippen molar-refractivity contribution in [2.45, 2.75) is 37.7 Å². The molecule has 22 heavy (non-hydrogen) atoms. The van der Waals surface area contributed by atoms with Crippen LogP contribution in [0.5, 0.6) is 0 Å². The molecule has 0 radical (unpaired) electrons. The number of carbonyl (C=O) groups excluding carboxylic acids is 1. The molecule has 0 aromatic heterocycles. The summed E-state index contributed by atoms with van der Waals surface area (Å²) >= 11 is 3.79. The van der Waals surface area contributed by atoms with Crippen LogP contribution in [0.15, 0.2) is 33.7 Å². The summed E-state index contributed by atoms with van der Waals surface area (Å²) in [6.07, 6.45) is -4.09. The Hall–Kier alpha value is -1.02. The molecule has 122 valence electrons. The van der Waals surface area contributed by atoms with Gasteiger partial charge in [-0.25, -0.2) is 0 Å². The summed E-state index contributed by atoms with van der Waals surface area (Å²) in [5.41, 5.74) is 0.832. The number of nitrogens with zero attached hydrogens (tertiary/aromatic N) is 1. The van der Waals surface area contributed by atoms with E-state index in [1.807, 2.05) is 24.3 Å². The number of amidine groups is 1. The molecular formula is C14H16BrF3N2OS. The van der Waals surface area contributed by atoms with Gasteiger partial charge in [0.1, 0.15) is 4.75 Å². The van der Waals surface area contributed by atoms with Gasteiger partial charge in [0, 0.05) is 4.47 Å². The van der Waals surface area contributed by atoms with Gasteiger partial charge in [0.2, 0.25) is 6.41 Å². The minimum absolute atomic E-state index is 0.0623. The molecule has 0 saturated heterocycles. The maximum Gasteiger partial charge on any atom is 0.403 e. The minimum atomic E-state index is -4.41. The number of thioether (sulfide) groups is 1. The van der Waals surface area contributed by atoms with Crippen LogP contribution in [0.25, 0.3) is 0 Å². The summed E-state index contributed by atoms with van der Waals surface area (Å²) in [6.45, 7) is 3.84. The second-order valence-electron chi connectivity index (χ2n) is 5.03. The van der Waals surface area contributed by atoms with Gasteiger partial charge >= 0.3 is 6.18 Å². The monoisotopic (exact) mass is 396 g/mol. The number of carbonyl (C=O) groups is 1. The molecule has 0 unspecified atom stereocenters. The van der Waals surface area contributed by atoms with Crippen molar-refractivity contribution in [2.75, 3.05) is 0 Å². The Morgan fingerprint density at radius 2 is 1.86 bits per heavy atom. The second-order valence-corrected chi connectivity index (χ2v) is 7.56. The highest BCUT2D eigenvalue weighted by Crippen LogP contribution is 2.41. The number of rotatable bonds is 4. The van der Waals surface area contributed by atoms with Gasteiger partial charge in [-0.1, -0.05) is 39.8 Å². The first kappa shape index (κ1) is 19.0. The van der Waals surface area contributed by atoms with E-state index in [-0.39, 0.29) is 11.2 Å². The number of hydrogen-bond acceptors (Lipinski definition) is 3. The highest BCUT2D eigenvalue weighted by molar-refractivity contribution is 9.10. The highest BCUT2D eigenvalue weighted by Gasteiger charge is 2.49. The van der Waals surface area contributed by atoms with E-state index in [9.17, 15) is 18.0 Å². The van der Waals surface area contributed by atoms with Crippen LogP contribution in [-0.4, -0.2) is 22.5 Å².